The van der Waals surface area contributed by atoms with Crippen molar-refractivity contribution in [1.82, 2.24) is 4.98 Å². The third-order valence-electron chi connectivity index (χ3n) is 1.64. The van der Waals surface area contributed by atoms with Crippen molar-refractivity contribution >= 4 is 5.69 Å². The molecule has 0 saturated carbocycles. The molecular weight excluding hydrogens is 160 g/mol. The number of hydrogen-bond donors (Lipinski definition) is 1. The minimum Gasteiger partial charge on any atom is -0.397 e. The van der Waals surface area contributed by atoms with Gasteiger partial charge in [-0.05, 0) is 24.5 Å². The maximum absolute atomic E-state index is 5.57. The number of nitrogen functional groups attached to an aromatic ring is 1. The highest BCUT2D eigenvalue weighted by Crippen LogP contribution is 2.06. The highest BCUT2D eigenvalue weighted by molar-refractivity contribution is 5.36. The summed E-state index contributed by atoms with van der Waals surface area (Å²) in [5, 5.41) is 0. The number of hydrogen-bond acceptors (Lipinski definition) is 2. The lowest BCUT2D eigenvalue weighted by Crippen LogP contribution is -1.90. The molecule has 13 heavy (non-hydrogen) atoms. The molecule has 2 heteroatoms. The van der Waals surface area contributed by atoms with Crippen LogP contribution in [0.25, 0.3) is 0 Å². The molecule has 0 aliphatic heterocycles. The number of aryl methyl sites for hydroxylation is 1. The quantitative estimate of drug-likeness (QED) is 0.779. The summed E-state index contributed by atoms with van der Waals surface area (Å²) >= 11 is 0. The Bertz CT molecular complexity index is 226. The molecule has 76 valence electrons. The van der Waals surface area contributed by atoms with E-state index >= 15 is 0 Å². The lowest BCUT2D eigenvalue weighted by atomic mass is 10.1. The number of pyridine rings is 1. The topological polar surface area (TPSA) is 38.9 Å². The van der Waals surface area contributed by atoms with Crippen molar-refractivity contribution in [3.8, 4) is 0 Å². The molecule has 0 radical (unpaired) electrons. The van der Waals surface area contributed by atoms with Gasteiger partial charge in [-0.3, -0.25) is 4.98 Å². The van der Waals surface area contributed by atoms with Crippen LogP contribution in [0.2, 0.25) is 0 Å². The highest BCUT2D eigenvalue weighted by Gasteiger charge is 1.92. The predicted octanol–water partition coefficient (Wildman–Crippen LogP) is 3.28. The zero-order valence-electron chi connectivity index (χ0n) is 8.88. The average molecular weight is 182 g/mol. The Morgan fingerprint density at radius 3 is 2.62 bits per heavy atom. The second-order valence-electron chi connectivity index (χ2n) is 2.73. The Balaban J connectivity index is 0. The Morgan fingerprint density at radius 2 is 2.08 bits per heavy atom. The molecule has 1 aromatic rings. The number of rotatable bonds is 3. The molecule has 0 aromatic carbocycles. The second kappa shape index (κ2) is 7.59. The summed E-state index contributed by atoms with van der Waals surface area (Å²) in [6.45, 7) is 6.18. The molecule has 0 aliphatic carbocycles. The third kappa shape index (κ3) is 5.23. The van der Waals surface area contributed by atoms with Crippen molar-refractivity contribution in [2.45, 2.75) is 40.0 Å². The zero-order chi connectivity index (χ0) is 10.1. The lowest BCUT2D eigenvalue weighted by Gasteiger charge is -1.98. The van der Waals surface area contributed by atoms with E-state index in [1.807, 2.05) is 26.1 Å². The van der Waals surface area contributed by atoms with Crippen LogP contribution < -0.4 is 5.73 Å². The van der Waals surface area contributed by atoms with Gasteiger partial charge in [-0.25, -0.2) is 0 Å². The summed E-state index contributed by atoms with van der Waals surface area (Å²) in [6.07, 6.45) is 7.08. The summed E-state index contributed by atoms with van der Waals surface area (Å²) in [7, 11) is 0. The average Bonchev–Trinajstić information content (AvgIpc) is 2.18. The molecule has 0 fully saturated rings. The first kappa shape index (κ1) is 11.9. The molecule has 2 nitrogen and oxygen atoms in total. The van der Waals surface area contributed by atoms with Crippen molar-refractivity contribution in [3.63, 3.8) is 0 Å². The summed E-state index contributed by atoms with van der Waals surface area (Å²) in [6, 6.07) is 1.99. The fraction of sp³-hybridized carbons (Fsp3) is 0.545. The van der Waals surface area contributed by atoms with Crippen LogP contribution in [-0.4, -0.2) is 4.98 Å². The van der Waals surface area contributed by atoms with Gasteiger partial charge >= 0.3 is 0 Å². The van der Waals surface area contributed by atoms with Crippen molar-refractivity contribution in [1.29, 1.82) is 0 Å². The van der Waals surface area contributed by atoms with Gasteiger partial charge in [0.1, 0.15) is 0 Å². The zero-order valence-corrected chi connectivity index (χ0v) is 8.88. The fourth-order valence-corrected chi connectivity index (χ4v) is 1.03. The van der Waals surface area contributed by atoms with E-state index in [2.05, 4.69) is 11.9 Å². The molecule has 0 atom stereocenters. The Labute approximate surface area is 82.7 Å². The molecule has 0 bridgehead atoms. The molecule has 0 unspecified atom stereocenters. The fourth-order valence-electron chi connectivity index (χ4n) is 1.03. The lowest BCUT2D eigenvalue weighted by molar-refractivity contribution is 0.792. The van der Waals surface area contributed by atoms with Crippen molar-refractivity contribution in [3.05, 3.63) is 24.0 Å². The molecule has 0 saturated heterocycles. The standard InChI is InChI=1S/C9H14N2.C2H6.H2/c1-2-3-4-8-5-9(10)7-11-6-8;1-2;/h5-7H,2-4,10H2,1H3;1-2H3;1H. The van der Waals surface area contributed by atoms with Crippen LogP contribution in [0, 0.1) is 0 Å². The van der Waals surface area contributed by atoms with Gasteiger partial charge in [-0.1, -0.05) is 27.2 Å². The molecule has 0 amide bonds. The third-order valence-corrected chi connectivity index (χ3v) is 1.64. The van der Waals surface area contributed by atoms with E-state index in [0.717, 1.165) is 12.1 Å². The summed E-state index contributed by atoms with van der Waals surface area (Å²) in [5.74, 6) is 0. The smallest absolute Gasteiger partial charge is 0.0503 e. The van der Waals surface area contributed by atoms with Gasteiger partial charge in [0.05, 0.1) is 5.69 Å². The SMILES string of the molecule is CC.CCCCc1cncc(N)c1.[HH]. The van der Waals surface area contributed by atoms with Gasteiger partial charge in [0.25, 0.3) is 0 Å². The minimum atomic E-state index is 0. The maximum atomic E-state index is 5.57. The first-order chi connectivity index (χ1) is 6.33. The number of anilines is 1. The van der Waals surface area contributed by atoms with E-state index in [4.69, 9.17) is 5.73 Å². The molecule has 1 heterocycles. The minimum absolute atomic E-state index is 0. The highest BCUT2D eigenvalue weighted by atomic mass is 14.7. The maximum Gasteiger partial charge on any atom is 0.0503 e. The van der Waals surface area contributed by atoms with Gasteiger partial charge in [-0.2, -0.15) is 0 Å². The van der Waals surface area contributed by atoms with E-state index in [9.17, 15) is 0 Å². The van der Waals surface area contributed by atoms with Crippen molar-refractivity contribution in [2.24, 2.45) is 0 Å². The summed E-state index contributed by atoms with van der Waals surface area (Å²) in [5.41, 5.74) is 7.57. The number of aromatic nitrogens is 1. The molecule has 1 rings (SSSR count). The van der Waals surface area contributed by atoms with E-state index in [1.165, 1.54) is 18.4 Å². The van der Waals surface area contributed by atoms with E-state index in [1.54, 1.807) is 6.20 Å². The molecule has 0 spiro atoms. The van der Waals surface area contributed by atoms with E-state index < -0.39 is 0 Å². The normalized spacial score (nSPS) is 8.85. The van der Waals surface area contributed by atoms with Crippen LogP contribution >= 0.6 is 0 Å². The van der Waals surface area contributed by atoms with Crippen molar-refractivity contribution < 1.29 is 1.43 Å². The second-order valence-corrected chi connectivity index (χ2v) is 2.73. The van der Waals surface area contributed by atoms with Gasteiger partial charge < -0.3 is 5.73 Å². The first-order valence-electron chi connectivity index (χ1n) is 5.02. The molecular formula is C11H22N2. The van der Waals surface area contributed by atoms with Crippen LogP contribution in [0.1, 0.15) is 40.6 Å². The number of nitrogens with zero attached hydrogens (tertiary/aromatic N) is 1. The van der Waals surface area contributed by atoms with Crippen LogP contribution in [0.5, 0.6) is 0 Å². The Kier molecular flexibility index (Phi) is 6.98. The molecule has 0 aliphatic rings. The van der Waals surface area contributed by atoms with Gasteiger partial charge in [-0.15, -0.1) is 0 Å². The van der Waals surface area contributed by atoms with Crippen LogP contribution in [0.15, 0.2) is 18.5 Å². The summed E-state index contributed by atoms with van der Waals surface area (Å²) in [4.78, 5) is 4.01. The van der Waals surface area contributed by atoms with Gasteiger partial charge in [0, 0.05) is 13.8 Å². The van der Waals surface area contributed by atoms with Crippen LogP contribution in [-0.2, 0) is 6.42 Å². The first-order valence-corrected chi connectivity index (χ1v) is 5.02. The number of unbranched alkanes of at least 4 members (excludes halogenated alkanes) is 1. The van der Waals surface area contributed by atoms with Crippen molar-refractivity contribution in [2.75, 3.05) is 5.73 Å². The molecule has 1 aromatic heterocycles. The van der Waals surface area contributed by atoms with E-state index in [0.29, 0.717) is 0 Å². The Morgan fingerprint density at radius 1 is 1.38 bits per heavy atom. The number of nitrogens with two attached hydrogens (primary N) is 1. The Hall–Kier alpha value is -1.05. The van der Waals surface area contributed by atoms with Gasteiger partial charge in [0.15, 0.2) is 0 Å². The van der Waals surface area contributed by atoms with Crippen LogP contribution in [0.4, 0.5) is 5.69 Å². The predicted molar refractivity (Wildman–Crippen MR) is 60.7 cm³/mol. The molecule has 2 N–H and O–H groups in total. The van der Waals surface area contributed by atoms with Gasteiger partial charge in [0.2, 0.25) is 0 Å². The van der Waals surface area contributed by atoms with E-state index in [-0.39, 0.29) is 1.43 Å². The summed E-state index contributed by atoms with van der Waals surface area (Å²) < 4.78 is 0. The van der Waals surface area contributed by atoms with Crippen LogP contribution in [0.3, 0.4) is 0 Å². The largest absolute Gasteiger partial charge is 0.397 e. The monoisotopic (exact) mass is 182 g/mol.